The molecule has 0 aliphatic heterocycles. The van der Waals surface area contributed by atoms with E-state index in [1.165, 1.54) is 6.07 Å². The number of hydrogen-bond donors (Lipinski definition) is 1. The topological polar surface area (TPSA) is 107 Å². The van der Waals surface area contributed by atoms with Crippen LogP contribution < -0.4 is 5.32 Å². The summed E-state index contributed by atoms with van der Waals surface area (Å²) in [4.78, 5) is 23.6. The number of carbonyl (C=O) groups excluding carboxylic acids is 2. The molecule has 0 spiro atoms. The van der Waals surface area contributed by atoms with Gasteiger partial charge in [-0.05, 0) is 6.92 Å². The van der Waals surface area contributed by atoms with Gasteiger partial charge in [-0.1, -0.05) is 54.5 Å². The Bertz CT molecular complexity index is 886. The first kappa shape index (κ1) is 20.9. The van der Waals surface area contributed by atoms with Gasteiger partial charge in [-0.2, -0.15) is 0 Å². The van der Waals surface area contributed by atoms with Crippen molar-refractivity contribution in [3.63, 3.8) is 0 Å². The van der Waals surface area contributed by atoms with Crippen molar-refractivity contribution < 1.29 is 23.4 Å². The van der Waals surface area contributed by atoms with Gasteiger partial charge in [0.2, 0.25) is 0 Å². The van der Waals surface area contributed by atoms with Crippen LogP contribution >= 0.6 is 0 Å². The predicted octanol–water partition coefficient (Wildman–Crippen LogP) is 3.51. The second-order valence-corrected chi connectivity index (χ2v) is 5.35. The van der Waals surface area contributed by atoms with E-state index in [0.717, 1.165) is 5.56 Å². The highest BCUT2D eigenvalue weighted by atomic mass is 16.5. The molecule has 1 aromatic carbocycles. The number of carbonyl (C=O) groups is 2. The fourth-order valence-corrected chi connectivity index (χ4v) is 2.24. The van der Waals surface area contributed by atoms with Gasteiger partial charge in [0.1, 0.15) is 5.76 Å². The zero-order valence-corrected chi connectivity index (χ0v) is 16.1. The lowest BCUT2D eigenvalue weighted by Crippen LogP contribution is -2.25. The molecule has 3 aromatic rings. The highest BCUT2D eigenvalue weighted by molar-refractivity contribution is 5.93. The van der Waals surface area contributed by atoms with Crippen molar-refractivity contribution in [3.8, 4) is 11.3 Å². The lowest BCUT2D eigenvalue weighted by atomic mass is 10.1. The van der Waals surface area contributed by atoms with Crippen molar-refractivity contribution in [2.24, 2.45) is 0 Å². The van der Waals surface area contributed by atoms with Crippen LogP contribution in [-0.4, -0.2) is 35.3 Å². The van der Waals surface area contributed by atoms with E-state index in [-0.39, 0.29) is 23.9 Å². The van der Waals surface area contributed by atoms with Crippen LogP contribution in [-0.2, 0) is 11.2 Å². The van der Waals surface area contributed by atoms with Crippen molar-refractivity contribution in [3.05, 3.63) is 59.6 Å². The number of aromatic nitrogens is 2. The normalized spacial score (nSPS) is 9.96. The summed E-state index contributed by atoms with van der Waals surface area (Å²) in [6, 6.07) is 12.5. The third kappa shape index (κ3) is 5.54. The molecule has 0 atom stereocenters. The summed E-state index contributed by atoms with van der Waals surface area (Å²) in [5.74, 6) is 0.0900. The monoisotopic (exact) mass is 385 g/mol. The molecule has 0 radical (unpaired) electrons. The molecule has 148 valence electrons. The summed E-state index contributed by atoms with van der Waals surface area (Å²) < 4.78 is 15.1. The maximum absolute atomic E-state index is 12.1. The minimum absolute atomic E-state index is 0.109. The molecule has 2 heterocycles. The highest BCUT2D eigenvalue weighted by Crippen LogP contribution is 2.19. The maximum atomic E-state index is 12.1. The summed E-state index contributed by atoms with van der Waals surface area (Å²) in [5, 5.41) is 10.1. The zero-order valence-electron chi connectivity index (χ0n) is 16.1. The fourth-order valence-electron chi connectivity index (χ4n) is 2.24. The Morgan fingerprint density at radius 3 is 2.46 bits per heavy atom. The number of rotatable bonds is 7. The standard InChI is InChI=1S/C18H17N3O5.C2H6/c1-2-24-18(23)15-10-13(25-21-15)8-9-19-17(22)14-11-16(26-20-14)12-6-4-3-5-7-12;1-2/h3-7,10-11H,2,8-9H2,1H3,(H,19,22);1-2H3. The highest BCUT2D eigenvalue weighted by Gasteiger charge is 2.15. The number of hydrogen-bond acceptors (Lipinski definition) is 7. The third-order valence-electron chi connectivity index (χ3n) is 3.50. The molecular weight excluding hydrogens is 362 g/mol. The number of nitrogens with zero attached hydrogens (tertiary/aromatic N) is 2. The second kappa shape index (κ2) is 10.7. The lowest BCUT2D eigenvalue weighted by molar-refractivity contribution is 0.0514. The lowest BCUT2D eigenvalue weighted by Gasteiger charge is -1.99. The van der Waals surface area contributed by atoms with E-state index in [9.17, 15) is 9.59 Å². The Kier molecular flexibility index (Phi) is 7.95. The van der Waals surface area contributed by atoms with Crippen LogP contribution in [0.1, 0.15) is 47.5 Å². The predicted molar refractivity (Wildman–Crippen MR) is 102 cm³/mol. The molecule has 0 saturated carbocycles. The van der Waals surface area contributed by atoms with E-state index in [2.05, 4.69) is 15.6 Å². The van der Waals surface area contributed by atoms with Crippen LogP contribution in [0.25, 0.3) is 11.3 Å². The van der Waals surface area contributed by atoms with Crippen LogP contribution in [0.2, 0.25) is 0 Å². The minimum Gasteiger partial charge on any atom is -0.461 e. The van der Waals surface area contributed by atoms with Crippen molar-refractivity contribution in [1.82, 2.24) is 15.6 Å². The van der Waals surface area contributed by atoms with Gasteiger partial charge < -0.3 is 19.1 Å². The molecular formula is C20H23N3O5. The summed E-state index contributed by atoms with van der Waals surface area (Å²) in [6.45, 7) is 6.27. The molecule has 0 aliphatic rings. The van der Waals surface area contributed by atoms with E-state index in [1.54, 1.807) is 13.0 Å². The molecule has 8 heteroatoms. The Morgan fingerprint density at radius 2 is 1.75 bits per heavy atom. The number of benzene rings is 1. The minimum atomic E-state index is -0.539. The number of amides is 1. The Morgan fingerprint density at radius 1 is 1.04 bits per heavy atom. The second-order valence-electron chi connectivity index (χ2n) is 5.35. The first-order valence-electron chi connectivity index (χ1n) is 9.10. The van der Waals surface area contributed by atoms with E-state index >= 15 is 0 Å². The van der Waals surface area contributed by atoms with Gasteiger partial charge in [0.25, 0.3) is 5.91 Å². The SMILES string of the molecule is CC.CCOC(=O)c1cc(CCNC(=O)c2cc(-c3ccccc3)on2)on1. The zero-order chi connectivity index (χ0) is 20.4. The van der Waals surface area contributed by atoms with Crippen LogP contribution in [0.4, 0.5) is 0 Å². The largest absolute Gasteiger partial charge is 0.461 e. The number of ether oxygens (including phenoxy) is 1. The molecule has 0 fully saturated rings. The summed E-state index contributed by atoms with van der Waals surface area (Å²) >= 11 is 0. The molecule has 0 bridgehead atoms. The summed E-state index contributed by atoms with van der Waals surface area (Å²) in [7, 11) is 0. The first-order chi connectivity index (χ1) is 13.7. The van der Waals surface area contributed by atoms with Crippen LogP contribution in [0.5, 0.6) is 0 Å². The van der Waals surface area contributed by atoms with Gasteiger partial charge in [0.15, 0.2) is 17.1 Å². The molecule has 3 rings (SSSR count). The van der Waals surface area contributed by atoms with Crippen LogP contribution in [0.3, 0.4) is 0 Å². The van der Waals surface area contributed by atoms with E-state index in [0.29, 0.717) is 24.5 Å². The van der Waals surface area contributed by atoms with Crippen molar-refractivity contribution >= 4 is 11.9 Å². The Balaban J connectivity index is 0.00000136. The van der Waals surface area contributed by atoms with Crippen molar-refractivity contribution in [2.45, 2.75) is 27.2 Å². The van der Waals surface area contributed by atoms with Gasteiger partial charge >= 0.3 is 5.97 Å². The Hall–Kier alpha value is -3.42. The number of esters is 1. The molecule has 0 unspecified atom stereocenters. The molecule has 0 aliphatic carbocycles. The fraction of sp³-hybridized carbons (Fsp3) is 0.300. The van der Waals surface area contributed by atoms with Gasteiger partial charge in [-0.15, -0.1) is 0 Å². The average Bonchev–Trinajstić information content (AvgIpc) is 3.40. The molecule has 1 N–H and O–H groups in total. The molecule has 0 saturated heterocycles. The smallest absolute Gasteiger partial charge is 0.360 e. The van der Waals surface area contributed by atoms with Crippen molar-refractivity contribution in [2.75, 3.05) is 13.2 Å². The molecule has 1 amide bonds. The first-order valence-corrected chi connectivity index (χ1v) is 9.10. The maximum Gasteiger partial charge on any atom is 0.360 e. The van der Waals surface area contributed by atoms with Crippen LogP contribution in [0, 0.1) is 0 Å². The number of nitrogens with one attached hydrogen (secondary N) is 1. The quantitative estimate of drug-likeness (QED) is 0.620. The van der Waals surface area contributed by atoms with E-state index < -0.39 is 5.97 Å². The van der Waals surface area contributed by atoms with E-state index in [1.807, 2.05) is 44.2 Å². The van der Waals surface area contributed by atoms with Gasteiger partial charge in [0.05, 0.1) is 6.61 Å². The molecule has 28 heavy (non-hydrogen) atoms. The van der Waals surface area contributed by atoms with Gasteiger partial charge in [0, 0.05) is 30.7 Å². The average molecular weight is 385 g/mol. The van der Waals surface area contributed by atoms with Gasteiger partial charge in [-0.3, -0.25) is 4.79 Å². The van der Waals surface area contributed by atoms with Gasteiger partial charge in [-0.25, -0.2) is 4.79 Å². The van der Waals surface area contributed by atoms with Crippen LogP contribution in [0.15, 0.2) is 51.5 Å². The summed E-state index contributed by atoms with van der Waals surface area (Å²) in [6.07, 6.45) is 0.377. The Labute approximate surface area is 162 Å². The van der Waals surface area contributed by atoms with E-state index in [4.69, 9.17) is 13.8 Å². The third-order valence-corrected chi connectivity index (χ3v) is 3.50. The molecule has 2 aromatic heterocycles. The molecule has 8 nitrogen and oxygen atoms in total. The van der Waals surface area contributed by atoms with Crippen molar-refractivity contribution in [1.29, 1.82) is 0 Å². The summed E-state index contributed by atoms with van der Waals surface area (Å²) in [5.41, 5.74) is 1.14.